The summed E-state index contributed by atoms with van der Waals surface area (Å²) < 4.78 is 41.8. The van der Waals surface area contributed by atoms with Crippen molar-refractivity contribution in [2.45, 2.75) is 19.4 Å². The number of benzene rings is 2. The van der Waals surface area contributed by atoms with Crippen LogP contribution in [0.3, 0.4) is 0 Å². The second-order valence-electron chi connectivity index (χ2n) is 4.73. The minimum absolute atomic E-state index is 0.0238. The van der Waals surface area contributed by atoms with Crippen molar-refractivity contribution in [3.63, 3.8) is 0 Å². The first kappa shape index (κ1) is 16.0. The van der Waals surface area contributed by atoms with E-state index in [2.05, 4.69) is 21.2 Å². The first-order valence-corrected chi connectivity index (χ1v) is 7.42. The van der Waals surface area contributed by atoms with Gasteiger partial charge in [-0.1, -0.05) is 35.0 Å². The molecule has 1 N–H and O–H groups in total. The predicted octanol–water partition coefficient (Wildman–Crippen LogP) is 4.76. The number of halogens is 4. The van der Waals surface area contributed by atoms with Crippen LogP contribution in [0.15, 0.2) is 40.9 Å². The van der Waals surface area contributed by atoms with Crippen molar-refractivity contribution in [2.75, 3.05) is 6.54 Å². The molecule has 112 valence electrons. The summed E-state index contributed by atoms with van der Waals surface area (Å²) in [4.78, 5) is 0. The Morgan fingerprint density at radius 2 is 1.76 bits per heavy atom. The summed E-state index contributed by atoms with van der Waals surface area (Å²) in [5, 5.41) is 3.05. The third-order valence-corrected chi connectivity index (χ3v) is 3.63. The average Bonchev–Trinajstić information content (AvgIpc) is 2.37. The molecule has 0 saturated carbocycles. The van der Waals surface area contributed by atoms with Crippen LogP contribution in [0, 0.1) is 17.5 Å². The summed E-state index contributed by atoms with van der Waals surface area (Å²) in [6, 6.07) is 7.95. The molecule has 0 amide bonds. The fourth-order valence-corrected chi connectivity index (χ4v) is 2.71. The second kappa shape index (κ2) is 7.09. The van der Waals surface area contributed by atoms with E-state index in [0.717, 1.165) is 0 Å². The van der Waals surface area contributed by atoms with Gasteiger partial charge >= 0.3 is 0 Å². The fraction of sp³-hybridized carbons (Fsp3) is 0.250. The van der Waals surface area contributed by atoms with Crippen LogP contribution in [-0.2, 0) is 6.42 Å². The van der Waals surface area contributed by atoms with Gasteiger partial charge in [0.25, 0.3) is 0 Å². The Labute approximate surface area is 130 Å². The molecule has 0 aromatic heterocycles. The third-order valence-electron chi connectivity index (χ3n) is 3.17. The lowest BCUT2D eigenvalue weighted by molar-refractivity contribution is 0.471. The summed E-state index contributed by atoms with van der Waals surface area (Å²) in [6.07, 6.45) is 0.307. The van der Waals surface area contributed by atoms with Crippen LogP contribution in [0.1, 0.15) is 24.1 Å². The molecule has 0 aliphatic carbocycles. The molecule has 2 rings (SSSR count). The van der Waals surface area contributed by atoms with Gasteiger partial charge in [-0.2, -0.15) is 0 Å². The maximum Gasteiger partial charge on any atom is 0.132 e. The molecule has 0 heterocycles. The minimum atomic E-state index is -0.621. The topological polar surface area (TPSA) is 12.0 Å². The van der Waals surface area contributed by atoms with Crippen LogP contribution >= 0.6 is 15.9 Å². The number of likely N-dealkylation sites (N-methyl/N-ethyl adjacent to an activating group) is 1. The first-order chi connectivity index (χ1) is 10.0. The third kappa shape index (κ3) is 4.08. The molecule has 1 nitrogen and oxygen atoms in total. The fourth-order valence-electron chi connectivity index (χ4n) is 2.31. The molecule has 1 atom stereocenters. The molecule has 0 spiro atoms. The van der Waals surface area contributed by atoms with Gasteiger partial charge in [0.1, 0.15) is 17.5 Å². The van der Waals surface area contributed by atoms with E-state index < -0.39 is 17.7 Å². The van der Waals surface area contributed by atoms with Crippen LogP contribution < -0.4 is 5.32 Å². The highest BCUT2D eigenvalue weighted by atomic mass is 79.9. The molecule has 21 heavy (non-hydrogen) atoms. The van der Waals surface area contributed by atoms with E-state index in [-0.39, 0.29) is 11.4 Å². The molecular weight excluding hydrogens is 343 g/mol. The van der Waals surface area contributed by atoms with Crippen LogP contribution in [0.5, 0.6) is 0 Å². The molecule has 0 radical (unpaired) electrons. The number of nitrogens with one attached hydrogen (secondary N) is 1. The smallest absolute Gasteiger partial charge is 0.132 e. The Morgan fingerprint density at radius 1 is 1.10 bits per heavy atom. The van der Waals surface area contributed by atoms with Gasteiger partial charge in [0.05, 0.1) is 0 Å². The lowest BCUT2D eigenvalue weighted by Crippen LogP contribution is -2.25. The van der Waals surface area contributed by atoms with Crippen LogP contribution in [-0.4, -0.2) is 6.54 Å². The first-order valence-electron chi connectivity index (χ1n) is 6.63. The molecule has 0 bridgehead atoms. The van der Waals surface area contributed by atoms with Gasteiger partial charge in [0, 0.05) is 16.1 Å². The lowest BCUT2D eigenvalue weighted by atomic mass is 9.97. The normalized spacial score (nSPS) is 12.4. The summed E-state index contributed by atoms with van der Waals surface area (Å²) >= 11 is 3.06. The van der Waals surface area contributed by atoms with Gasteiger partial charge in [-0.3, -0.25) is 0 Å². The van der Waals surface area contributed by atoms with Crippen molar-refractivity contribution < 1.29 is 13.2 Å². The van der Waals surface area contributed by atoms with Gasteiger partial charge in [-0.25, -0.2) is 13.2 Å². The van der Waals surface area contributed by atoms with E-state index in [4.69, 9.17) is 0 Å². The molecule has 1 unspecified atom stereocenters. The Kier molecular flexibility index (Phi) is 5.42. The van der Waals surface area contributed by atoms with Crippen molar-refractivity contribution in [1.29, 1.82) is 0 Å². The largest absolute Gasteiger partial charge is 0.310 e. The van der Waals surface area contributed by atoms with Gasteiger partial charge in [-0.05, 0) is 42.8 Å². The zero-order valence-electron chi connectivity index (χ0n) is 11.5. The van der Waals surface area contributed by atoms with E-state index in [0.29, 0.717) is 23.0 Å². The number of hydrogen-bond acceptors (Lipinski definition) is 1. The van der Waals surface area contributed by atoms with Crippen LogP contribution in [0.25, 0.3) is 0 Å². The SMILES string of the molecule is CCNC(Cc1cccc(F)c1)c1c(F)cc(Br)cc1F. The Balaban J connectivity index is 2.35. The standard InChI is InChI=1S/C16H15BrF3N/c1-2-21-15(7-10-4-3-5-12(18)6-10)16-13(19)8-11(17)9-14(16)20/h3-6,8-9,15,21H,2,7H2,1H3. The maximum atomic E-state index is 14.1. The number of rotatable bonds is 5. The monoisotopic (exact) mass is 357 g/mol. The zero-order chi connectivity index (χ0) is 15.4. The van der Waals surface area contributed by atoms with Gasteiger partial charge < -0.3 is 5.32 Å². The van der Waals surface area contributed by atoms with E-state index >= 15 is 0 Å². The molecular formula is C16H15BrF3N. The van der Waals surface area contributed by atoms with E-state index in [1.54, 1.807) is 12.1 Å². The quantitative estimate of drug-likeness (QED) is 0.813. The average molecular weight is 358 g/mol. The molecule has 2 aromatic carbocycles. The van der Waals surface area contributed by atoms with E-state index in [1.807, 2.05) is 6.92 Å². The molecule has 0 aliphatic rings. The van der Waals surface area contributed by atoms with E-state index in [9.17, 15) is 13.2 Å². The molecule has 2 aromatic rings. The van der Waals surface area contributed by atoms with Crippen molar-refractivity contribution >= 4 is 15.9 Å². The summed E-state index contributed by atoms with van der Waals surface area (Å²) in [6.45, 7) is 2.40. The Hall–Kier alpha value is -1.33. The van der Waals surface area contributed by atoms with Gasteiger partial charge in [-0.15, -0.1) is 0 Å². The highest BCUT2D eigenvalue weighted by molar-refractivity contribution is 9.10. The van der Waals surface area contributed by atoms with Crippen LogP contribution in [0.4, 0.5) is 13.2 Å². The molecule has 0 fully saturated rings. The van der Waals surface area contributed by atoms with E-state index in [1.165, 1.54) is 24.3 Å². The second-order valence-corrected chi connectivity index (χ2v) is 5.64. The lowest BCUT2D eigenvalue weighted by Gasteiger charge is -2.20. The molecule has 0 saturated heterocycles. The van der Waals surface area contributed by atoms with Crippen molar-refractivity contribution in [2.24, 2.45) is 0 Å². The maximum absolute atomic E-state index is 14.1. The van der Waals surface area contributed by atoms with Crippen molar-refractivity contribution in [3.8, 4) is 0 Å². The predicted molar refractivity (Wildman–Crippen MR) is 80.6 cm³/mol. The van der Waals surface area contributed by atoms with Gasteiger partial charge in [0.2, 0.25) is 0 Å². The summed E-state index contributed by atoms with van der Waals surface area (Å²) in [5.41, 5.74) is 0.659. The summed E-state index contributed by atoms with van der Waals surface area (Å²) in [7, 11) is 0. The summed E-state index contributed by atoms with van der Waals surface area (Å²) in [5.74, 6) is -1.60. The Bertz CT molecular complexity index is 608. The van der Waals surface area contributed by atoms with Crippen molar-refractivity contribution in [3.05, 3.63) is 69.4 Å². The highest BCUT2D eigenvalue weighted by Crippen LogP contribution is 2.27. The molecule has 5 heteroatoms. The minimum Gasteiger partial charge on any atom is -0.310 e. The van der Waals surface area contributed by atoms with Gasteiger partial charge in [0.15, 0.2) is 0 Å². The number of hydrogen-bond donors (Lipinski definition) is 1. The van der Waals surface area contributed by atoms with Crippen LogP contribution in [0.2, 0.25) is 0 Å². The zero-order valence-corrected chi connectivity index (χ0v) is 13.1. The Morgan fingerprint density at radius 3 is 2.33 bits per heavy atom. The highest BCUT2D eigenvalue weighted by Gasteiger charge is 2.21. The molecule has 0 aliphatic heterocycles. The van der Waals surface area contributed by atoms with Crippen molar-refractivity contribution in [1.82, 2.24) is 5.32 Å².